The van der Waals surface area contributed by atoms with Crippen LogP contribution in [-0.2, 0) is 27.3 Å². The number of nitrogens with zero attached hydrogens (tertiary/aromatic N) is 2. The fourth-order valence-electron chi connectivity index (χ4n) is 5.75. The number of hydrogen-bond donors (Lipinski definition) is 3. The molecule has 0 saturated heterocycles. The van der Waals surface area contributed by atoms with E-state index in [1.165, 1.54) is 0 Å². The van der Waals surface area contributed by atoms with Gasteiger partial charge in [0, 0.05) is 54.1 Å². The van der Waals surface area contributed by atoms with Gasteiger partial charge in [-0.05, 0) is 55.9 Å². The number of aliphatic carboxylic acids is 1. The third-order valence-electron chi connectivity index (χ3n) is 8.04. The average molecular weight is 645 g/mol. The van der Waals surface area contributed by atoms with E-state index in [4.69, 9.17) is 17.3 Å². The van der Waals surface area contributed by atoms with E-state index < -0.39 is 29.9 Å². The van der Waals surface area contributed by atoms with Crippen molar-refractivity contribution in [2.75, 3.05) is 6.54 Å². The predicted molar refractivity (Wildman–Crippen MR) is 180 cm³/mol. The molecule has 0 aliphatic heterocycles. The van der Waals surface area contributed by atoms with Gasteiger partial charge in [-0.2, -0.15) is 0 Å². The lowest BCUT2D eigenvalue weighted by atomic mass is 9.98. The molecule has 0 aliphatic rings. The number of para-hydroxylation sites is 1. The van der Waals surface area contributed by atoms with Crippen molar-refractivity contribution in [3.63, 3.8) is 0 Å². The van der Waals surface area contributed by atoms with Crippen molar-refractivity contribution in [2.24, 2.45) is 5.73 Å². The van der Waals surface area contributed by atoms with Crippen LogP contribution in [0, 0.1) is 6.92 Å². The number of halogens is 1. The number of amides is 3. The summed E-state index contributed by atoms with van der Waals surface area (Å²) in [5, 5.41) is 13.6. The van der Waals surface area contributed by atoms with Gasteiger partial charge >= 0.3 is 5.97 Å². The second kappa shape index (κ2) is 16.1. The summed E-state index contributed by atoms with van der Waals surface area (Å²) in [4.78, 5) is 53.4. The number of aromatic nitrogens is 1. The summed E-state index contributed by atoms with van der Waals surface area (Å²) in [5.41, 5.74) is 9.79. The van der Waals surface area contributed by atoms with E-state index in [0.29, 0.717) is 41.9 Å². The molecule has 10 heteroatoms. The second-order valence-electron chi connectivity index (χ2n) is 11.6. The molecule has 0 radical (unpaired) electrons. The predicted octanol–water partition coefficient (Wildman–Crippen LogP) is 5.73. The molecular formula is C36H41ClN4O5. The van der Waals surface area contributed by atoms with Crippen LogP contribution in [0.25, 0.3) is 10.9 Å². The van der Waals surface area contributed by atoms with Crippen LogP contribution in [0.4, 0.5) is 0 Å². The van der Waals surface area contributed by atoms with E-state index in [1.54, 1.807) is 11.1 Å². The molecule has 3 amide bonds. The van der Waals surface area contributed by atoms with Crippen LogP contribution in [0.1, 0.15) is 66.1 Å². The third kappa shape index (κ3) is 8.97. The molecule has 3 aromatic carbocycles. The van der Waals surface area contributed by atoms with E-state index in [-0.39, 0.29) is 31.6 Å². The summed E-state index contributed by atoms with van der Waals surface area (Å²) in [7, 11) is 0. The Morgan fingerprint density at radius 3 is 2.37 bits per heavy atom. The number of primary amides is 1. The maximum atomic E-state index is 14.3. The molecule has 0 spiro atoms. The largest absolute Gasteiger partial charge is 0.481 e. The number of hydrogen-bond acceptors (Lipinski definition) is 4. The number of carbonyl (C=O) groups is 4. The lowest BCUT2D eigenvalue weighted by Gasteiger charge is -2.34. The zero-order chi connectivity index (χ0) is 33.2. The number of nitrogens with two attached hydrogens (primary N) is 1. The Morgan fingerprint density at radius 1 is 1.00 bits per heavy atom. The van der Waals surface area contributed by atoms with Gasteiger partial charge < -0.3 is 25.6 Å². The summed E-state index contributed by atoms with van der Waals surface area (Å²) in [6, 6.07) is 21.3. The van der Waals surface area contributed by atoms with Gasteiger partial charge in [-0.1, -0.05) is 84.8 Å². The third-order valence-corrected chi connectivity index (χ3v) is 8.40. The molecule has 4 N–H and O–H groups in total. The fraction of sp³-hybridized carbons (Fsp3) is 0.333. The molecule has 46 heavy (non-hydrogen) atoms. The summed E-state index contributed by atoms with van der Waals surface area (Å²) in [5.74, 6) is -2.36. The van der Waals surface area contributed by atoms with Gasteiger partial charge in [0.15, 0.2) is 0 Å². The van der Waals surface area contributed by atoms with E-state index in [9.17, 15) is 24.3 Å². The van der Waals surface area contributed by atoms with Crippen molar-refractivity contribution < 1.29 is 24.3 Å². The summed E-state index contributed by atoms with van der Waals surface area (Å²) in [6.45, 7) is 4.69. The number of carbonyl (C=O) groups excluding carboxylic acids is 3. The van der Waals surface area contributed by atoms with E-state index >= 15 is 0 Å². The number of benzene rings is 3. The topological polar surface area (TPSA) is 135 Å². The van der Waals surface area contributed by atoms with Crippen molar-refractivity contribution in [1.82, 2.24) is 14.8 Å². The van der Waals surface area contributed by atoms with E-state index in [0.717, 1.165) is 22.2 Å². The van der Waals surface area contributed by atoms with Crippen molar-refractivity contribution in [2.45, 2.75) is 71.0 Å². The SMILES string of the molecule is CCCN(C(=O)[C@H](CCCC(=O)O)NC(=O)c1cn(Cc2ccccc2Cl)c2ccccc12)[C@H](CC(N)=O)Cc1ccc(C)cc1. The van der Waals surface area contributed by atoms with Gasteiger partial charge in [-0.15, -0.1) is 0 Å². The zero-order valence-electron chi connectivity index (χ0n) is 26.2. The number of carboxylic acids is 1. The summed E-state index contributed by atoms with van der Waals surface area (Å²) in [6.07, 6.45) is 2.85. The average Bonchev–Trinajstić information content (AvgIpc) is 3.39. The molecule has 4 aromatic rings. The van der Waals surface area contributed by atoms with Crippen molar-refractivity contribution >= 4 is 46.2 Å². The van der Waals surface area contributed by atoms with Gasteiger partial charge in [0.2, 0.25) is 11.8 Å². The lowest BCUT2D eigenvalue weighted by Crippen LogP contribution is -2.53. The highest BCUT2D eigenvalue weighted by Gasteiger charge is 2.32. The Balaban J connectivity index is 1.65. The molecule has 1 aromatic heterocycles. The first-order valence-electron chi connectivity index (χ1n) is 15.6. The lowest BCUT2D eigenvalue weighted by molar-refractivity contribution is -0.139. The Bertz CT molecular complexity index is 1680. The van der Waals surface area contributed by atoms with Gasteiger partial charge in [0.1, 0.15) is 6.04 Å². The number of fused-ring (bicyclic) bond motifs is 1. The monoisotopic (exact) mass is 644 g/mol. The molecule has 0 saturated carbocycles. The first-order valence-corrected chi connectivity index (χ1v) is 15.9. The van der Waals surface area contributed by atoms with Crippen LogP contribution in [0.15, 0.2) is 79.0 Å². The molecule has 0 bridgehead atoms. The smallest absolute Gasteiger partial charge is 0.303 e. The van der Waals surface area contributed by atoms with Crippen LogP contribution in [0.5, 0.6) is 0 Å². The molecule has 0 unspecified atom stereocenters. The number of rotatable bonds is 16. The Labute approximate surface area is 274 Å². The second-order valence-corrected chi connectivity index (χ2v) is 12.0. The number of nitrogens with one attached hydrogen (secondary N) is 1. The molecule has 4 rings (SSSR count). The van der Waals surface area contributed by atoms with Crippen molar-refractivity contribution in [1.29, 1.82) is 0 Å². The van der Waals surface area contributed by atoms with Gasteiger partial charge in [0.05, 0.1) is 5.56 Å². The van der Waals surface area contributed by atoms with E-state index in [1.807, 2.05) is 91.2 Å². The Morgan fingerprint density at radius 2 is 1.70 bits per heavy atom. The van der Waals surface area contributed by atoms with Crippen molar-refractivity contribution in [3.8, 4) is 0 Å². The highest BCUT2D eigenvalue weighted by Crippen LogP contribution is 2.25. The highest BCUT2D eigenvalue weighted by atomic mass is 35.5. The molecule has 242 valence electrons. The molecular weight excluding hydrogens is 604 g/mol. The summed E-state index contributed by atoms with van der Waals surface area (Å²) >= 11 is 6.43. The minimum atomic E-state index is -1.02. The summed E-state index contributed by atoms with van der Waals surface area (Å²) < 4.78 is 1.95. The number of carboxylic acid groups (broad SMARTS) is 1. The van der Waals surface area contributed by atoms with Crippen LogP contribution < -0.4 is 11.1 Å². The van der Waals surface area contributed by atoms with Crippen molar-refractivity contribution in [3.05, 3.63) is 106 Å². The Kier molecular flexibility index (Phi) is 12.0. The van der Waals surface area contributed by atoms with Crippen LogP contribution in [-0.4, -0.2) is 56.9 Å². The molecule has 1 heterocycles. The standard InChI is InChI=1S/C36H41ClN4O5/c1-3-19-41(27(21-33(38)42)20-25-17-15-24(2)16-18-25)36(46)31(12-8-14-34(43)44)39-35(45)29-23-40(32-13-7-5-10-28(29)32)22-26-9-4-6-11-30(26)37/h4-7,9-11,13,15-18,23,27,31H,3,8,12,14,19-22H2,1-2H3,(H2,38,42)(H,39,45)(H,43,44)/t27-,31-/m0/s1. The first kappa shape index (κ1) is 34.2. The Hall–Kier alpha value is -4.63. The molecule has 0 fully saturated rings. The maximum absolute atomic E-state index is 14.3. The minimum absolute atomic E-state index is 0.0507. The van der Waals surface area contributed by atoms with Gasteiger partial charge in [-0.3, -0.25) is 19.2 Å². The van der Waals surface area contributed by atoms with Crippen LogP contribution in [0.2, 0.25) is 5.02 Å². The maximum Gasteiger partial charge on any atom is 0.303 e. The van der Waals surface area contributed by atoms with Gasteiger partial charge in [0.25, 0.3) is 5.91 Å². The van der Waals surface area contributed by atoms with Gasteiger partial charge in [-0.25, -0.2) is 0 Å². The molecule has 0 aliphatic carbocycles. The molecule has 2 atom stereocenters. The van der Waals surface area contributed by atoms with Crippen LogP contribution >= 0.6 is 11.6 Å². The number of aryl methyl sites for hydroxylation is 1. The first-order chi connectivity index (χ1) is 22.1. The fourth-order valence-corrected chi connectivity index (χ4v) is 5.95. The minimum Gasteiger partial charge on any atom is -0.481 e. The highest BCUT2D eigenvalue weighted by molar-refractivity contribution is 6.31. The zero-order valence-corrected chi connectivity index (χ0v) is 27.0. The van der Waals surface area contributed by atoms with E-state index in [2.05, 4.69) is 5.32 Å². The quantitative estimate of drug-likeness (QED) is 0.143. The molecule has 9 nitrogen and oxygen atoms in total. The normalized spacial score (nSPS) is 12.4. The van der Waals surface area contributed by atoms with Crippen LogP contribution in [0.3, 0.4) is 0 Å².